The Morgan fingerprint density at radius 2 is 1.18 bits per heavy atom. The van der Waals surface area contributed by atoms with Gasteiger partial charge in [-0.3, -0.25) is 9.59 Å². The molecule has 0 heterocycles. The molecule has 0 fully saturated rings. The Hall–Kier alpha value is -2.19. The summed E-state index contributed by atoms with van der Waals surface area (Å²) in [6, 6.07) is 17.2. The van der Waals surface area contributed by atoms with Gasteiger partial charge in [0.15, 0.2) is 0 Å². The van der Waals surface area contributed by atoms with Crippen LogP contribution in [0.15, 0.2) is 48.5 Å². The number of aldehydes is 2. The number of ether oxygens (including phenoxy) is 2. The van der Waals surface area contributed by atoms with Crippen LogP contribution in [0, 0.1) is 0 Å². The van der Waals surface area contributed by atoms with Crippen molar-refractivity contribution in [3.8, 4) is 11.5 Å². The van der Waals surface area contributed by atoms with Crippen molar-refractivity contribution in [1.82, 2.24) is 0 Å². The second-order valence-electron chi connectivity index (χ2n) is 10.4. The largest absolute Gasteiger partial charge is 0.497 e. The fraction of sp³-hybridized carbons (Fsp3) is 0.481. The molecule has 0 spiro atoms. The lowest BCUT2D eigenvalue weighted by Crippen LogP contribution is -2.34. The average molecular weight is 487 g/mol. The highest BCUT2D eigenvalue weighted by Gasteiger charge is 2.21. The number of unbranched alkanes of at least 4 members (excludes halogenated alkanes) is 1. The number of benzene rings is 2. The summed E-state index contributed by atoms with van der Waals surface area (Å²) in [4.78, 5) is 21.0. The van der Waals surface area contributed by atoms with Crippen LogP contribution in [0.25, 0.3) is 0 Å². The molecule has 0 aliphatic heterocycles. The molecule has 4 nitrogen and oxygen atoms in total. The number of rotatable bonds is 13. The molecule has 0 radical (unpaired) electrons. The van der Waals surface area contributed by atoms with E-state index in [9.17, 15) is 9.59 Å². The van der Waals surface area contributed by atoms with Gasteiger partial charge in [0.25, 0.3) is 0 Å². The van der Waals surface area contributed by atoms with Gasteiger partial charge < -0.3 is 9.47 Å². The fourth-order valence-electron chi connectivity index (χ4n) is 3.08. The minimum Gasteiger partial charge on any atom is -0.497 e. The maximum absolute atomic E-state index is 10.5. The van der Waals surface area contributed by atoms with Crippen LogP contribution in [0.4, 0.5) is 0 Å². The van der Waals surface area contributed by atoms with Crippen molar-refractivity contribution >= 4 is 28.7 Å². The fourth-order valence-corrected chi connectivity index (χ4v) is 6.30. The first-order chi connectivity index (χ1) is 15.6. The lowest BCUT2D eigenvalue weighted by atomic mass is 10.2. The molecule has 182 valence electrons. The predicted molar refractivity (Wildman–Crippen MR) is 145 cm³/mol. The standard InChI is InChI=1S/C14H22O2Si.C13H20O2Si/c1-4-5-10-17(2,3)12-16-14-8-6-13(11-15)7-9-14;1-16(2,3)10-4-9-15-13-7-5-12(11-14)6-8-13/h6-9,11H,4-5,10,12H2,1-3H3;5-8,11H,4,9-10H2,1-3H3. The van der Waals surface area contributed by atoms with Crippen molar-refractivity contribution in [3.05, 3.63) is 59.7 Å². The molecule has 6 heteroatoms. The maximum Gasteiger partial charge on any atom is 0.150 e. The third-order valence-corrected chi connectivity index (χ3v) is 9.70. The van der Waals surface area contributed by atoms with Crippen molar-refractivity contribution < 1.29 is 19.1 Å². The summed E-state index contributed by atoms with van der Waals surface area (Å²) in [6.07, 6.45) is 6.22. The Labute approximate surface area is 202 Å². The zero-order valence-electron chi connectivity index (χ0n) is 21.4. The molecule has 0 amide bonds. The van der Waals surface area contributed by atoms with Gasteiger partial charge in [-0.1, -0.05) is 64.6 Å². The average Bonchev–Trinajstić information content (AvgIpc) is 2.80. The third-order valence-electron chi connectivity index (χ3n) is 5.21. The van der Waals surface area contributed by atoms with Crippen LogP contribution in [-0.4, -0.2) is 41.6 Å². The molecule has 0 bridgehead atoms. The first kappa shape index (κ1) is 28.8. The minimum absolute atomic E-state index is 0.689. The van der Waals surface area contributed by atoms with E-state index in [4.69, 9.17) is 9.47 Å². The van der Waals surface area contributed by atoms with Gasteiger partial charge in [0.2, 0.25) is 0 Å². The van der Waals surface area contributed by atoms with Gasteiger partial charge in [0.05, 0.1) is 20.9 Å². The molecule has 0 N–H and O–H groups in total. The van der Waals surface area contributed by atoms with Crippen LogP contribution in [0.1, 0.15) is 46.9 Å². The van der Waals surface area contributed by atoms with Crippen molar-refractivity contribution in [1.29, 1.82) is 0 Å². The van der Waals surface area contributed by atoms with Crippen molar-refractivity contribution in [2.75, 3.05) is 12.8 Å². The third kappa shape index (κ3) is 13.8. The zero-order valence-corrected chi connectivity index (χ0v) is 23.4. The molecule has 0 atom stereocenters. The molecule has 33 heavy (non-hydrogen) atoms. The van der Waals surface area contributed by atoms with Gasteiger partial charge in [-0.2, -0.15) is 0 Å². The molecule has 0 aromatic heterocycles. The van der Waals surface area contributed by atoms with Gasteiger partial charge in [0.1, 0.15) is 24.1 Å². The highest BCUT2D eigenvalue weighted by Crippen LogP contribution is 2.18. The number of hydrogen-bond donors (Lipinski definition) is 0. The quantitative estimate of drug-likeness (QED) is 0.167. The van der Waals surface area contributed by atoms with Gasteiger partial charge in [-0.25, -0.2) is 0 Å². The summed E-state index contributed by atoms with van der Waals surface area (Å²) in [6.45, 7) is 14.8. The molecule has 0 unspecified atom stereocenters. The maximum atomic E-state index is 10.5. The van der Waals surface area contributed by atoms with Crippen LogP contribution in [-0.2, 0) is 0 Å². The van der Waals surface area contributed by atoms with Crippen LogP contribution in [0.5, 0.6) is 11.5 Å². The molecule has 0 aliphatic carbocycles. The van der Waals surface area contributed by atoms with Gasteiger partial charge in [0, 0.05) is 19.2 Å². The zero-order chi connectivity index (χ0) is 24.7. The van der Waals surface area contributed by atoms with Crippen LogP contribution >= 0.6 is 0 Å². The minimum atomic E-state index is -1.22. The summed E-state index contributed by atoms with van der Waals surface area (Å²) < 4.78 is 11.4. The highest BCUT2D eigenvalue weighted by molar-refractivity contribution is 6.77. The Bertz CT molecular complexity index is 810. The van der Waals surface area contributed by atoms with E-state index in [1.807, 2.05) is 24.3 Å². The van der Waals surface area contributed by atoms with E-state index in [0.717, 1.165) is 43.3 Å². The molecular weight excluding hydrogens is 444 g/mol. The van der Waals surface area contributed by atoms with Crippen molar-refractivity contribution in [3.63, 3.8) is 0 Å². The summed E-state index contributed by atoms with van der Waals surface area (Å²) >= 11 is 0. The van der Waals surface area contributed by atoms with E-state index >= 15 is 0 Å². The molecule has 2 rings (SSSR count). The normalized spacial score (nSPS) is 11.2. The number of hydrogen-bond acceptors (Lipinski definition) is 4. The molecule has 0 aliphatic rings. The molecular formula is C27H42O4Si2. The smallest absolute Gasteiger partial charge is 0.150 e. The highest BCUT2D eigenvalue weighted by atomic mass is 28.3. The van der Waals surface area contributed by atoms with E-state index in [-0.39, 0.29) is 0 Å². The van der Waals surface area contributed by atoms with Gasteiger partial charge in [-0.05, 0) is 55.0 Å². The first-order valence-electron chi connectivity index (χ1n) is 11.9. The van der Waals surface area contributed by atoms with E-state index in [0.29, 0.717) is 11.1 Å². The number of carbonyl (C=O) groups is 2. The lowest BCUT2D eigenvalue weighted by Gasteiger charge is -2.22. The van der Waals surface area contributed by atoms with E-state index in [1.54, 1.807) is 24.3 Å². The van der Waals surface area contributed by atoms with Gasteiger partial charge >= 0.3 is 0 Å². The molecule has 0 saturated carbocycles. The Balaban J connectivity index is 0.000000331. The molecule has 2 aromatic rings. The number of carbonyl (C=O) groups excluding carboxylic acids is 2. The summed E-state index contributed by atoms with van der Waals surface area (Å²) in [7, 11) is -2.16. The molecule has 0 saturated heterocycles. The second kappa shape index (κ2) is 14.9. The first-order valence-corrected chi connectivity index (χ1v) is 19.1. The summed E-state index contributed by atoms with van der Waals surface area (Å²) in [5.74, 6) is 1.72. The van der Waals surface area contributed by atoms with E-state index < -0.39 is 16.1 Å². The Morgan fingerprint density at radius 1 is 0.697 bits per heavy atom. The SMILES string of the molecule is CCCC[Si](C)(C)COc1ccc(C=O)cc1.C[Si](C)(C)CCCOc1ccc(C=O)cc1. The monoisotopic (exact) mass is 486 g/mol. The lowest BCUT2D eigenvalue weighted by molar-refractivity contribution is 0.111. The summed E-state index contributed by atoms with van der Waals surface area (Å²) in [5.41, 5.74) is 1.38. The van der Waals surface area contributed by atoms with Crippen LogP contribution in [0.2, 0.25) is 44.8 Å². The second-order valence-corrected chi connectivity index (χ2v) is 21.2. The Morgan fingerprint density at radius 3 is 1.61 bits per heavy atom. The Kier molecular flexibility index (Phi) is 13.0. The summed E-state index contributed by atoms with van der Waals surface area (Å²) in [5, 5.41) is 0. The topological polar surface area (TPSA) is 52.6 Å². The van der Waals surface area contributed by atoms with Gasteiger partial charge in [-0.15, -0.1) is 0 Å². The van der Waals surface area contributed by atoms with Crippen molar-refractivity contribution in [2.24, 2.45) is 0 Å². The van der Waals surface area contributed by atoms with Crippen LogP contribution < -0.4 is 9.47 Å². The molecule has 2 aromatic carbocycles. The van der Waals surface area contributed by atoms with E-state index in [1.165, 1.54) is 24.9 Å². The van der Waals surface area contributed by atoms with E-state index in [2.05, 4.69) is 39.7 Å². The predicted octanol–water partition coefficient (Wildman–Crippen LogP) is 7.53. The van der Waals surface area contributed by atoms with Crippen molar-refractivity contribution in [2.45, 2.75) is 71.0 Å². The van der Waals surface area contributed by atoms with Crippen LogP contribution in [0.3, 0.4) is 0 Å².